The van der Waals surface area contributed by atoms with Gasteiger partial charge < -0.3 is 10.4 Å². The molecule has 0 aromatic carbocycles. The second kappa shape index (κ2) is 7.33. The molecule has 1 heterocycles. The molecular weight excluding hydrogens is 331 g/mol. The van der Waals surface area contributed by atoms with Crippen LogP contribution in [0.2, 0.25) is 0 Å². The minimum Gasteiger partial charge on any atom is -0.477 e. The number of nitrogens with one attached hydrogen (secondary N) is 1. The molecule has 1 aliphatic carbocycles. The standard InChI is InChI=1S/C15H18F3NO3S/c16-15(17,18)13(10-4-2-1-3-5-10)19-12(20)7-9-6-11(14(21)22)23-8-9/h6,8,10,13H,1-5,7H2,(H,19,20)(H,21,22). The SMILES string of the molecule is O=C(Cc1csc(C(=O)O)c1)NC(C1CCCCC1)C(F)(F)F. The van der Waals surface area contributed by atoms with Crippen LogP contribution < -0.4 is 5.32 Å². The quantitative estimate of drug-likeness (QED) is 0.853. The molecule has 128 valence electrons. The second-order valence-electron chi connectivity index (χ2n) is 5.79. The molecule has 1 aromatic heterocycles. The Bertz CT molecular complexity index is 565. The van der Waals surface area contributed by atoms with Crippen LogP contribution in [0, 0.1) is 5.92 Å². The molecule has 1 fully saturated rings. The van der Waals surface area contributed by atoms with E-state index in [1.54, 1.807) is 0 Å². The molecular formula is C15H18F3NO3S. The maximum absolute atomic E-state index is 13.2. The largest absolute Gasteiger partial charge is 0.477 e. The van der Waals surface area contributed by atoms with Gasteiger partial charge in [0.05, 0.1) is 6.42 Å². The molecule has 1 saturated carbocycles. The van der Waals surface area contributed by atoms with Gasteiger partial charge >= 0.3 is 12.1 Å². The molecule has 0 radical (unpaired) electrons. The van der Waals surface area contributed by atoms with E-state index in [9.17, 15) is 22.8 Å². The lowest BCUT2D eigenvalue weighted by Crippen LogP contribution is -2.51. The van der Waals surface area contributed by atoms with Gasteiger partial charge in [0.1, 0.15) is 10.9 Å². The van der Waals surface area contributed by atoms with Crippen LogP contribution in [0.5, 0.6) is 0 Å². The van der Waals surface area contributed by atoms with E-state index in [0.29, 0.717) is 18.4 Å². The molecule has 0 saturated heterocycles. The van der Waals surface area contributed by atoms with Crippen LogP contribution in [0.4, 0.5) is 13.2 Å². The molecule has 1 aromatic rings. The van der Waals surface area contributed by atoms with Gasteiger partial charge in [0.25, 0.3) is 0 Å². The van der Waals surface area contributed by atoms with E-state index >= 15 is 0 Å². The molecule has 2 rings (SSSR count). The van der Waals surface area contributed by atoms with Gasteiger partial charge in [0.2, 0.25) is 5.91 Å². The van der Waals surface area contributed by atoms with Crippen molar-refractivity contribution in [2.45, 2.75) is 50.7 Å². The lowest BCUT2D eigenvalue weighted by molar-refractivity contribution is -0.174. The Labute approximate surface area is 135 Å². The van der Waals surface area contributed by atoms with Crippen LogP contribution in [-0.2, 0) is 11.2 Å². The number of rotatable bonds is 5. The number of thiophene rings is 1. The number of aromatic carboxylic acids is 1. The third kappa shape index (κ3) is 4.95. The van der Waals surface area contributed by atoms with Gasteiger partial charge in [-0.05, 0) is 35.8 Å². The lowest BCUT2D eigenvalue weighted by atomic mass is 9.83. The normalized spacial score (nSPS) is 17.7. The summed E-state index contributed by atoms with van der Waals surface area (Å²) in [5.41, 5.74) is 0.412. The molecule has 0 spiro atoms. The Balaban J connectivity index is 2.00. The summed E-state index contributed by atoms with van der Waals surface area (Å²) in [6.07, 6.45) is -1.36. The third-order valence-corrected chi connectivity index (χ3v) is 4.99. The lowest BCUT2D eigenvalue weighted by Gasteiger charge is -2.32. The monoisotopic (exact) mass is 349 g/mol. The Morgan fingerprint density at radius 2 is 1.96 bits per heavy atom. The number of carboxylic acid groups (broad SMARTS) is 1. The van der Waals surface area contributed by atoms with Crippen molar-refractivity contribution in [3.63, 3.8) is 0 Å². The molecule has 8 heteroatoms. The summed E-state index contributed by atoms with van der Waals surface area (Å²) in [6.45, 7) is 0. The van der Waals surface area contributed by atoms with Crippen molar-refractivity contribution in [2.24, 2.45) is 5.92 Å². The van der Waals surface area contributed by atoms with Gasteiger partial charge in [-0.3, -0.25) is 4.79 Å². The molecule has 0 bridgehead atoms. The van der Waals surface area contributed by atoms with E-state index in [1.807, 2.05) is 0 Å². The molecule has 23 heavy (non-hydrogen) atoms. The number of carboxylic acids is 1. The number of carbonyl (C=O) groups excluding carboxylic acids is 1. The predicted octanol–water partition coefficient (Wildman–Crippen LogP) is 3.62. The number of alkyl halides is 3. The molecule has 1 aliphatic rings. The van der Waals surface area contributed by atoms with Crippen molar-refractivity contribution < 1.29 is 27.9 Å². The summed E-state index contributed by atoms with van der Waals surface area (Å²) in [5, 5.41) is 12.4. The van der Waals surface area contributed by atoms with Gasteiger partial charge in [-0.15, -0.1) is 11.3 Å². The van der Waals surface area contributed by atoms with Crippen molar-refractivity contribution in [1.82, 2.24) is 5.32 Å². The van der Waals surface area contributed by atoms with Crippen molar-refractivity contribution >= 4 is 23.2 Å². The number of hydrogen-bond donors (Lipinski definition) is 2. The van der Waals surface area contributed by atoms with Crippen LogP contribution in [-0.4, -0.2) is 29.2 Å². The zero-order valence-corrected chi connectivity index (χ0v) is 13.2. The summed E-state index contributed by atoms with van der Waals surface area (Å²) in [4.78, 5) is 22.8. The van der Waals surface area contributed by atoms with E-state index in [-0.39, 0.29) is 11.3 Å². The Hall–Kier alpha value is -1.57. The average molecular weight is 349 g/mol. The van der Waals surface area contributed by atoms with Crippen LogP contribution in [0.1, 0.15) is 47.3 Å². The van der Waals surface area contributed by atoms with Gasteiger partial charge in [-0.1, -0.05) is 19.3 Å². The Morgan fingerprint density at radius 3 is 2.48 bits per heavy atom. The summed E-state index contributed by atoms with van der Waals surface area (Å²) in [6, 6.07) is -0.511. The highest BCUT2D eigenvalue weighted by molar-refractivity contribution is 7.12. The van der Waals surface area contributed by atoms with Gasteiger partial charge in [0.15, 0.2) is 0 Å². The number of hydrogen-bond acceptors (Lipinski definition) is 3. The number of amides is 1. The molecule has 1 amide bonds. The van der Waals surface area contributed by atoms with Crippen LogP contribution >= 0.6 is 11.3 Å². The highest BCUT2D eigenvalue weighted by atomic mass is 32.1. The molecule has 0 aliphatic heterocycles. The van der Waals surface area contributed by atoms with Gasteiger partial charge in [-0.2, -0.15) is 13.2 Å². The van der Waals surface area contributed by atoms with E-state index in [4.69, 9.17) is 5.11 Å². The molecule has 1 unspecified atom stereocenters. The van der Waals surface area contributed by atoms with E-state index in [1.165, 1.54) is 11.4 Å². The zero-order valence-electron chi connectivity index (χ0n) is 12.4. The number of halogens is 3. The minimum absolute atomic E-state index is 0.0625. The second-order valence-corrected chi connectivity index (χ2v) is 6.70. The van der Waals surface area contributed by atoms with E-state index in [2.05, 4.69) is 5.32 Å². The summed E-state index contributed by atoms with van der Waals surface area (Å²) in [5.74, 6) is -2.42. The zero-order chi connectivity index (χ0) is 17.0. The Kier molecular flexibility index (Phi) is 5.67. The van der Waals surface area contributed by atoms with E-state index < -0.39 is 30.0 Å². The predicted molar refractivity (Wildman–Crippen MR) is 79.5 cm³/mol. The van der Waals surface area contributed by atoms with Crippen molar-refractivity contribution in [3.8, 4) is 0 Å². The minimum atomic E-state index is -4.47. The molecule has 2 N–H and O–H groups in total. The summed E-state index contributed by atoms with van der Waals surface area (Å²) >= 11 is 0.950. The van der Waals surface area contributed by atoms with E-state index in [0.717, 1.165) is 30.6 Å². The van der Waals surface area contributed by atoms with Crippen LogP contribution in [0.15, 0.2) is 11.4 Å². The van der Waals surface area contributed by atoms with Gasteiger partial charge in [0, 0.05) is 0 Å². The summed E-state index contributed by atoms with van der Waals surface area (Å²) < 4.78 is 39.7. The van der Waals surface area contributed by atoms with Crippen LogP contribution in [0.25, 0.3) is 0 Å². The fourth-order valence-corrected chi connectivity index (χ4v) is 3.67. The van der Waals surface area contributed by atoms with Crippen molar-refractivity contribution in [3.05, 3.63) is 21.9 Å². The Morgan fingerprint density at radius 1 is 1.30 bits per heavy atom. The fourth-order valence-electron chi connectivity index (χ4n) is 2.92. The third-order valence-electron chi connectivity index (χ3n) is 4.02. The van der Waals surface area contributed by atoms with Crippen molar-refractivity contribution in [1.29, 1.82) is 0 Å². The number of carbonyl (C=O) groups is 2. The average Bonchev–Trinajstić information content (AvgIpc) is 2.93. The highest BCUT2D eigenvalue weighted by Gasteiger charge is 2.45. The van der Waals surface area contributed by atoms with Crippen LogP contribution in [0.3, 0.4) is 0 Å². The first-order chi connectivity index (χ1) is 10.8. The maximum Gasteiger partial charge on any atom is 0.408 e. The van der Waals surface area contributed by atoms with Gasteiger partial charge in [-0.25, -0.2) is 4.79 Å². The first-order valence-electron chi connectivity index (χ1n) is 7.44. The summed E-state index contributed by atoms with van der Waals surface area (Å²) in [7, 11) is 0. The fraction of sp³-hybridized carbons (Fsp3) is 0.600. The first kappa shape index (κ1) is 17.8. The maximum atomic E-state index is 13.2. The molecule has 4 nitrogen and oxygen atoms in total. The first-order valence-corrected chi connectivity index (χ1v) is 8.32. The highest BCUT2D eigenvalue weighted by Crippen LogP contribution is 2.34. The topological polar surface area (TPSA) is 66.4 Å². The van der Waals surface area contributed by atoms with Crippen molar-refractivity contribution in [2.75, 3.05) is 0 Å². The smallest absolute Gasteiger partial charge is 0.408 e. The molecule has 1 atom stereocenters.